The van der Waals surface area contributed by atoms with Crippen molar-refractivity contribution in [1.29, 1.82) is 0 Å². The topological polar surface area (TPSA) is 58.9 Å². The van der Waals surface area contributed by atoms with Crippen molar-refractivity contribution in [2.45, 2.75) is 19.3 Å². The summed E-state index contributed by atoms with van der Waals surface area (Å²) in [4.78, 5) is 9.28. The first-order valence-electron chi connectivity index (χ1n) is 8.24. The van der Waals surface area contributed by atoms with Gasteiger partial charge in [-0.25, -0.2) is 4.98 Å². The molecule has 0 amide bonds. The molecule has 0 aliphatic carbocycles. The van der Waals surface area contributed by atoms with Crippen molar-refractivity contribution in [3.05, 3.63) is 65.6 Å². The van der Waals surface area contributed by atoms with Crippen LogP contribution >= 0.6 is 0 Å². The van der Waals surface area contributed by atoms with Gasteiger partial charge >= 0.3 is 6.18 Å². The van der Waals surface area contributed by atoms with Gasteiger partial charge in [0.25, 0.3) is 0 Å². The lowest BCUT2D eigenvalue weighted by molar-refractivity contribution is -0.141. The average molecular weight is 376 g/mol. The maximum absolute atomic E-state index is 13.1. The summed E-state index contributed by atoms with van der Waals surface area (Å²) in [7, 11) is 3.26. The Kier molecular flexibility index (Phi) is 5.29. The van der Waals surface area contributed by atoms with Gasteiger partial charge in [0.15, 0.2) is 5.69 Å². The van der Waals surface area contributed by atoms with Crippen LogP contribution < -0.4 is 10.2 Å². The number of rotatable bonds is 6. The molecule has 0 saturated heterocycles. The summed E-state index contributed by atoms with van der Waals surface area (Å²) in [6.07, 6.45) is -0.994. The minimum Gasteiger partial charge on any atom is -0.363 e. The van der Waals surface area contributed by atoms with Crippen molar-refractivity contribution >= 4 is 11.8 Å². The number of hydrogen-bond donors (Lipinski definition) is 1. The van der Waals surface area contributed by atoms with Crippen LogP contribution in [0, 0.1) is 0 Å². The Bertz CT molecular complexity index is 890. The molecule has 3 rings (SSSR count). The molecule has 27 heavy (non-hydrogen) atoms. The fourth-order valence-corrected chi connectivity index (χ4v) is 2.51. The standard InChI is InChI=1S/C18H19F3N6/c1-26(2)16-10-15(18(19,20)21)24-17(25-16)22-11-13-6-3-4-7-14(13)12-27-9-5-8-23-27/h3-10H,11-12H2,1-2H3,(H,22,24,25). The average Bonchev–Trinajstić information content (AvgIpc) is 3.13. The lowest BCUT2D eigenvalue weighted by Crippen LogP contribution is -2.17. The van der Waals surface area contributed by atoms with Crippen LogP contribution in [0.4, 0.5) is 24.9 Å². The van der Waals surface area contributed by atoms with Crippen LogP contribution in [0.1, 0.15) is 16.8 Å². The number of nitrogens with zero attached hydrogens (tertiary/aromatic N) is 5. The third-order valence-electron chi connectivity index (χ3n) is 3.91. The van der Waals surface area contributed by atoms with Gasteiger partial charge in [0.05, 0.1) is 6.54 Å². The zero-order valence-corrected chi connectivity index (χ0v) is 14.9. The number of hydrogen-bond acceptors (Lipinski definition) is 5. The maximum atomic E-state index is 13.1. The fraction of sp³-hybridized carbons (Fsp3) is 0.278. The number of halogens is 3. The molecule has 2 heterocycles. The Balaban J connectivity index is 1.82. The van der Waals surface area contributed by atoms with E-state index in [0.29, 0.717) is 13.1 Å². The van der Waals surface area contributed by atoms with Crippen LogP contribution in [0.2, 0.25) is 0 Å². The van der Waals surface area contributed by atoms with Gasteiger partial charge in [0, 0.05) is 39.1 Å². The number of aromatic nitrogens is 4. The van der Waals surface area contributed by atoms with E-state index in [1.165, 1.54) is 4.90 Å². The van der Waals surface area contributed by atoms with Gasteiger partial charge < -0.3 is 10.2 Å². The second kappa shape index (κ2) is 7.65. The summed E-state index contributed by atoms with van der Waals surface area (Å²) >= 11 is 0. The van der Waals surface area contributed by atoms with Crippen LogP contribution in [0.15, 0.2) is 48.8 Å². The summed E-state index contributed by atoms with van der Waals surface area (Å²) in [5.74, 6) is 0.118. The molecule has 3 aromatic rings. The molecule has 0 unspecified atom stereocenters. The molecule has 0 spiro atoms. The highest BCUT2D eigenvalue weighted by Gasteiger charge is 2.34. The number of alkyl halides is 3. The summed E-state index contributed by atoms with van der Waals surface area (Å²) in [5.41, 5.74) is 0.961. The van der Waals surface area contributed by atoms with Gasteiger partial charge in [-0.15, -0.1) is 0 Å². The van der Waals surface area contributed by atoms with Crippen LogP contribution in [0.3, 0.4) is 0 Å². The summed E-state index contributed by atoms with van der Waals surface area (Å²) < 4.78 is 41.1. The quantitative estimate of drug-likeness (QED) is 0.714. The number of nitrogens with one attached hydrogen (secondary N) is 1. The lowest BCUT2D eigenvalue weighted by atomic mass is 10.1. The van der Waals surface area contributed by atoms with Crippen LogP contribution in [-0.2, 0) is 19.3 Å². The Hall–Kier alpha value is -3.10. The molecule has 0 aliphatic rings. The van der Waals surface area contributed by atoms with Crippen molar-refractivity contribution in [3.8, 4) is 0 Å². The normalized spacial score (nSPS) is 11.4. The Morgan fingerprint density at radius 1 is 1.07 bits per heavy atom. The number of anilines is 2. The van der Waals surface area contributed by atoms with Crippen molar-refractivity contribution in [2.24, 2.45) is 0 Å². The SMILES string of the molecule is CN(C)c1cc(C(F)(F)F)nc(NCc2ccccc2Cn2cccn2)n1. The van der Waals surface area contributed by atoms with Crippen molar-refractivity contribution in [2.75, 3.05) is 24.3 Å². The molecule has 9 heteroatoms. The third-order valence-corrected chi connectivity index (χ3v) is 3.91. The lowest BCUT2D eigenvalue weighted by Gasteiger charge is -2.16. The zero-order chi connectivity index (χ0) is 19.4. The molecule has 0 radical (unpaired) electrons. The molecule has 0 saturated carbocycles. The van der Waals surface area contributed by atoms with E-state index < -0.39 is 11.9 Å². The summed E-state index contributed by atoms with van der Waals surface area (Å²) in [6, 6.07) is 10.4. The zero-order valence-electron chi connectivity index (χ0n) is 14.9. The monoisotopic (exact) mass is 376 g/mol. The number of benzene rings is 1. The van der Waals surface area contributed by atoms with Crippen molar-refractivity contribution < 1.29 is 13.2 Å². The molecule has 1 aromatic carbocycles. The highest BCUT2D eigenvalue weighted by molar-refractivity contribution is 5.45. The predicted octanol–water partition coefficient (Wildman–Crippen LogP) is 3.42. The molecule has 142 valence electrons. The van der Waals surface area contributed by atoms with Gasteiger partial charge in [-0.3, -0.25) is 4.68 Å². The van der Waals surface area contributed by atoms with Crippen molar-refractivity contribution in [1.82, 2.24) is 19.7 Å². The molecular formula is C18H19F3N6. The molecule has 0 atom stereocenters. The van der Waals surface area contributed by atoms with E-state index in [4.69, 9.17) is 0 Å². The minimum absolute atomic E-state index is 0.0672. The Labute approximate surface area is 154 Å². The smallest absolute Gasteiger partial charge is 0.363 e. The first-order chi connectivity index (χ1) is 12.8. The Morgan fingerprint density at radius 2 is 1.81 bits per heavy atom. The molecular weight excluding hydrogens is 357 g/mol. The van der Waals surface area contributed by atoms with Gasteiger partial charge in [0.2, 0.25) is 5.95 Å². The Morgan fingerprint density at radius 3 is 2.44 bits per heavy atom. The van der Waals surface area contributed by atoms with Gasteiger partial charge in [-0.05, 0) is 17.2 Å². The highest BCUT2D eigenvalue weighted by Crippen LogP contribution is 2.30. The fourth-order valence-electron chi connectivity index (χ4n) is 2.51. The predicted molar refractivity (Wildman–Crippen MR) is 96.5 cm³/mol. The van der Waals surface area contributed by atoms with E-state index in [0.717, 1.165) is 17.2 Å². The van der Waals surface area contributed by atoms with E-state index in [1.54, 1.807) is 25.0 Å². The van der Waals surface area contributed by atoms with Gasteiger partial charge in [-0.1, -0.05) is 24.3 Å². The highest BCUT2D eigenvalue weighted by atomic mass is 19.4. The van der Waals surface area contributed by atoms with Gasteiger partial charge in [-0.2, -0.15) is 23.3 Å². The summed E-state index contributed by atoms with van der Waals surface area (Å²) in [5, 5.41) is 7.09. The van der Waals surface area contributed by atoms with E-state index in [-0.39, 0.29) is 11.8 Å². The second-order valence-corrected chi connectivity index (χ2v) is 6.15. The van der Waals surface area contributed by atoms with E-state index >= 15 is 0 Å². The minimum atomic E-state index is -4.54. The maximum Gasteiger partial charge on any atom is 0.433 e. The van der Waals surface area contributed by atoms with E-state index in [1.807, 2.05) is 36.5 Å². The molecule has 0 bridgehead atoms. The van der Waals surface area contributed by atoms with Crippen LogP contribution in [0.5, 0.6) is 0 Å². The first-order valence-corrected chi connectivity index (χ1v) is 8.24. The van der Waals surface area contributed by atoms with Crippen molar-refractivity contribution in [3.63, 3.8) is 0 Å². The van der Waals surface area contributed by atoms with Crippen LogP contribution in [-0.4, -0.2) is 33.8 Å². The van der Waals surface area contributed by atoms with Gasteiger partial charge in [0.1, 0.15) is 5.82 Å². The molecule has 0 aliphatic heterocycles. The third kappa shape index (κ3) is 4.75. The molecule has 0 fully saturated rings. The van der Waals surface area contributed by atoms with E-state index in [2.05, 4.69) is 20.4 Å². The molecule has 2 aromatic heterocycles. The van der Waals surface area contributed by atoms with E-state index in [9.17, 15) is 13.2 Å². The molecule has 1 N–H and O–H groups in total. The second-order valence-electron chi connectivity index (χ2n) is 6.15. The largest absolute Gasteiger partial charge is 0.433 e. The van der Waals surface area contributed by atoms with Crippen LogP contribution in [0.25, 0.3) is 0 Å². The molecule has 6 nitrogen and oxygen atoms in total. The first kappa shape index (κ1) is 18.7. The summed E-state index contributed by atoms with van der Waals surface area (Å²) in [6.45, 7) is 0.864.